The maximum Gasteiger partial charge on any atom is 0.264 e. The number of para-hydroxylation sites is 1. The van der Waals surface area contributed by atoms with E-state index >= 15 is 0 Å². The summed E-state index contributed by atoms with van der Waals surface area (Å²) in [6.45, 7) is 7.05. The maximum atomic E-state index is 13.3. The van der Waals surface area contributed by atoms with Gasteiger partial charge < -0.3 is 14.2 Å². The van der Waals surface area contributed by atoms with Crippen LogP contribution in [0.15, 0.2) is 53.1 Å². The Morgan fingerprint density at radius 3 is 2.47 bits per heavy atom. The summed E-state index contributed by atoms with van der Waals surface area (Å²) in [5.74, 6) is 1.28. The van der Waals surface area contributed by atoms with Gasteiger partial charge >= 0.3 is 0 Å². The van der Waals surface area contributed by atoms with Crippen molar-refractivity contribution in [2.45, 2.75) is 13.8 Å². The van der Waals surface area contributed by atoms with Crippen LogP contribution >= 0.6 is 11.3 Å². The Morgan fingerprint density at radius 2 is 1.77 bits per heavy atom. The second kappa shape index (κ2) is 7.57. The van der Waals surface area contributed by atoms with Gasteiger partial charge in [-0.3, -0.25) is 4.79 Å². The molecule has 0 spiro atoms. The van der Waals surface area contributed by atoms with E-state index in [0.717, 1.165) is 39.4 Å². The van der Waals surface area contributed by atoms with E-state index in [1.165, 1.54) is 17.0 Å². The van der Waals surface area contributed by atoms with E-state index in [2.05, 4.69) is 27.0 Å². The number of carbonyl (C=O) groups is 1. The number of furan rings is 1. The molecule has 7 heteroatoms. The molecule has 1 saturated heterocycles. The smallest absolute Gasteiger partial charge is 0.264 e. The van der Waals surface area contributed by atoms with E-state index in [-0.39, 0.29) is 5.91 Å². The lowest BCUT2D eigenvalue weighted by Crippen LogP contribution is -2.48. The fourth-order valence-corrected chi connectivity index (χ4v) is 5.21. The molecule has 1 amide bonds. The van der Waals surface area contributed by atoms with Crippen LogP contribution < -0.4 is 4.90 Å². The van der Waals surface area contributed by atoms with E-state index in [1.807, 2.05) is 49.1 Å². The first-order chi connectivity index (χ1) is 14.6. The molecular weight excluding hydrogens is 396 g/mol. The first-order valence-corrected chi connectivity index (χ1v) is 10.8. The monoisotopic (exact) mass is 418 g/mol. The Hall–Kier alpha value is -3.19. The average Bonchev–Trinajstić information content (AvgIpc) is 3.43. The number of benzene rings is 1. The van der Waals surface area contributed by atoms with Gasteiger partial charge in [-0.2, -0.15) is 0 Å². The van der Waals surface area contributed by atoms with E-state index < -0.39 is 0 Å². The molecular formula is C23H22N4O2S. The van der Waals surface area contributed by atoms with Gasteiger partial charge in [0.05, 0.1) is 16.8 Å². The number of anilines is 1. The van der Waals surface area contributed by atoms with Gasteiger partial charge in [-0.15, -0.1) is 11.3 Å². The molecule has 4 aromatic rings. The van der Waals surface area contributed by atoms with Gasteiger partial charge in [0.1, 0.15) is 4.83 Å². The molecule has 1 fully saturated rings. The van der Waals surface area contributed by atoms with Crippen LogP contribution in [0.5, 0.6) is 0 Å². The van der Waals surface area contributed by atoms with Crippen LogP contribution in [0, 0.1) is 13.8 Å². The van der Waals surface area contributed by atoms with Crippen molar-refractivity contribution in [2.75, 3.05) is 31.1 Å². The minimum atomic E-state index is 0.0853. The summed E-state index contributed by atoms with van der Waals surface area (Å²) in [4.78, 5) is 28.5. The van der Waals surface area contributed by atoms with Gasteiger partial charge in [0.2, 0.25) is 0 Å². The predicted octanol–water partition coefficient (Wildman–Crippen LogP) is 4.53. The molecule has 1 aliphatic heterocycles. The van der Waals surface area contributed by atoms with Crippen molar-refractivity contribution in [1.82, 2.24) is 14.9 Å². The van der Waals surface area contributed by atoms with Gasteiger partial charge in [-0.1, -0.05) is 18.2 Å². The molecule has 6 nitrogen and oxygen atoms in total. The summed E-state index contributed by atoms with van der Waals surface area (Å²) >= 11 is 1.45. The van der Waals surface area contributed by atoms with E-state index in [4.69, 9.17) is 4.42 Å². The lowest BCUT2D eigenvalue weighted by molar-refractivity contribution is 0.0751. The van der Waals surface area contributed by atoms with Crippen molar-refractivity contribution in [3.8, 4) is 11.6 Å². The van der Waals surface area contributed by atoms with E-state index in [9.17, 15) is 4.79 Å². The van der Waals surface area contributed by atoms with Gasteiger partial charge in [-0.05, 0) is 43.7 Å². The zero-order valence-electron chi connectivity index (χ0n) is 17.0. The Balaban J connectivity index is 1.40. The second-order valence-corrected chi connectivity index (χ2v) is 8.46. The normalized spacial score (nSPS) is 14.5. The van der Waals surface area contributed by atoms with Gasteiger partial charge in [0.15, 0.2) is 11.6 Å². The third kappa shape index (κ3) is 3.25. The molecule has 152 valence electrons. The largest absolute Gasteiger partial charge is 0.461 e. The molecule has 4 heterocycles. The van der Waals surface area contributed by atoms with Crippen LogP contribution in [-0.4, -0.2) is 47.0 Å². The van der Waals surface area contributed by atoms with Crippen molar-refractivity contribution in [3.05, 3.63) is 64.9 Å². The number of piperazine rings is 1. The number of aryl methyl sites for hydroxylation is 2. The highest BCUT2D eigenvalue weighted by Crippen LogP contribution is 2.34. The van der Waals surface area contributed by atoms with Gasteiger partial charge in [0.25, 0.3) is 5.91 Å². The quantitative estimate of drug-likeness (QED) is 0.489. The molecule has 1 aliphatic rings. The topological polar surface area (TPSA) is 62.5 Å². The number of amides is 1. The molecule has 0 N–H and O–H groups in total. The summed E-state index contributed by atoms with van der Waals surface area (Å²) in [6.07, 6.45) is 1.61. The van der Waals surface area contributed by atoms with Crippen LogP contribution in [0.1, 0.15) is 20.9 Å². The average molecular weight is 419 g/mol. The Kier molecular flexibility index (Phi) is 4.75. The minimum absolute atomic E-state index is 0.0853. The highest BCUT2D eigenvalue weighted by Gasteiger charge is 2.27. The Bertz CT molecular complexity index is 1190. The summed E-state index contributed by atoms with van der Waals surface area (Å²) in [6, 6.07) is 14.0. The highest BCUT2D eigenvalue weighted by molar-refractivity contribution is 7.20. The number of hydrogen-bond donors (Lipinski definition) is 0. The molecule has 0 saturated carbocycles. The van der Waals surface area contributed by atoms with Crippen LogP contribution in [0.4, 0.5) is 5.69 Å². The molecule has 0 radical (unpaired) electrons. The number of nitrogens with zero attached hydrogens (tertiary/aromatic N) is 4. The maximum absolute atomic E-state index is 13.3. The number of fused-ring (bicyclic) bond motifs is 1. The fourth-order valence-electron chi connectivity index (χ4n) is 4.01. The number of rotatable bonds is 3. The van der Waals surface area contributed by atoms with Crippen molar-refractivity contribution < 1.29 is 9.21 Å². The van der Waals surface area contributed by atoms with Crippen LogP contribution in [-0.2, 0) is 0 Å². The third-order valence-electron chi connectivity index (χ3n) is 5.60. The molecule has 3 aromatic heterocycles. The summed E-state index contributed by atoms with van der Waals surface area (Å²) in [5, 5.41) is 0.974. The predicted molar refractivity (Wildman–Crippen MR) is 119 cm³/mol. The Labute approximate surface area is 178 Å². The fraction of sp³-hybridized carbons (Fsp3) is 0.261. The van der Waals surface area contributed by atoms with E-state index in [1.54, 1.807) is 6.26 Å². The molecule has 5 rings (SSSR count). The van der Waals surface area contributed by atoms with Crippen LogP contribution in [0.25, 0.3) is 21.8 Å². The minimum Gasteiger partial charge on any atom is -0.461 e. The molecule has 0 aliphatic carbocycles. The van der Waals surface area contributed by atoms with Gasteiger partial charge in [0, 0.05) is 37.3 Å². The standard InChI is InChI=1S/C23H22N4O2S/c1-15-19-16(2)24-21(18-9-6-14-29-18)25-22(19)30-20(15)23(28)27-12-10-26(11-13-27)17-7-4-3-5-8-17/h3-9,14H,10-13H2,1-2H3. The molecule has 0 bridgehead atoms. The van der Waals surface area contributed by atoms with E-state index in [0.29, 0.717) is 24.7 Å². The number of hydrogen-bond acceptors (Lipinski definition) is 6. The SMILES string of the molecule is Cc1nc(-c2ccco2)nc2sc(C(=O)N3CCN(c4ccccc4)CC3)c(C)c12. The second-order valence-electron chi connectivity index (χ2n) is 7.46. The zero-order valence-corrected chi connectivity index (χ0v) is 17.8. The number of thiophene rings is 1. The van der Waals surface area contributed by atoms with Gasteiger partial charge in [-0.25, -0.2) is 9.97 Å². The lowest BCUT2D eigenvalue weighted by atomic mass is 10.1. The molecule has 1 aromatic carbocycles. The first kappa shape index (κ1) is 18.8. The number of carbonyl (C=O) groups excluding carboxylic acids is 1. The molecule has 0 unspecified atom stereocenters. The lowest BCUT2D eigenvalue weighted by Gasteiger charge is -2.36. The first-order valence-electron chi connectivity index (χ1n) is 10.0. The van der Waals surface area contributed by atoms with Crippen molar-refractivity contribution >= 4 is 33.1 Å². The third-order valence-corrected chi connectivity index (χ3v) is 6.77. The molecule has 30 heavy (non-hydrogen) atoms. The zero-order chi connectivity index (χ0) is 20.7. The van der Waals surface area contributed by atoms with Crippen molar-refractivity contribution in [2.24, 2.45) is 0 Å². The van der Waals surface area contributed by atoms with Crippen molar-refractivity contribution in [3.63, 3.8) is 0 Å². The van der Waals surface area contributed by atoms with Crippen LogP contribution in [0.3, 0.4) is 0 Å². The summed E-state index contributed by atoms with van der Waals surface area (Å²) < 4.78 is 5.45. The molecule has 0 atom stereocenters. The van der Waals surface area contributed by atoms with Crippen LogP contribution in [0.2, 0.25) is 0 Å². The Morgan fingerprint density at radius 1 is 1.00 bits per heavy atom. The van der Waals surface area contributed by atoms with Crippen molar-refractivity contribution in [1.29, 1.82) is 0 Å². The number of aromatic nitrogens is 2. The summed E-state index contributed by atoms with van der Waals surface area (Å²) in [5.41, 5.74) is 3.04. The highest BCUT2D eigenvalue weighted by atomic mass is 32.1. The summed E-state index contributed by atoms with van der Waals surface area (Å²) in [7, 11) is 0.